The van der Waals surface area contributed by atoms with Gasteiger partial charge in [0.15, 0.2) is 18.9 Å². The number of aliphatic hydroxyl groups excluding tert-OH is 11. The van der Waals surface area contributed by atoms with Crippen molar-refractivity contribution in [3.63, 3.8) is 0 Å². The Balaban J connectivity index is 1.40. The molecule has 19 heteroatoms. The summed E-state index contributed by atoms with van der Waals surface area (Å²) in [6.07, 6.45) is 24.5. The van der Waals surface area contributed by atoms with Gasteiger partial charge in [-0.2, -0.15) is 0 Å². The first-order chi connectivity index (χ1) is 39.8. The molecule has 82 heavy (non-hydrogen) atoms. The van der Waals surface area contributed by atoms with Gasteiger partial charge in [-0.3, -0.25) is 4.79 Å². The van der Waals surface area contributed by atoms with E-state index >= 15 is 0 Å². The second kappa shape index (κ2) is 46.2. The van der Waals surface area contributed by atoms with Crippen LogP contribution in [-0.2, 0) is 33.2 Å². The fourth-order valence-electron chi connectivity index (χ4n) is 10.8. The van der Waals surface area contributed by atoms with Gasteiger partial charge in [0.2, 0.25) is 5.91 Å². The van der Waals surface area contributed by atoms with E-state index in [0.717, 1.165) is 38.5 Å². The normalized spacial score (nSPS) is 29.8. The van der Waals surface area contributed by atoms with Gasteiger partial charge in [-0.15, -0.1) is 0 Å². The topological polar surface area (TPSA) is 307 Å². The lowest BCUT2D eigenvalue weighted by atomic mass is 9.96. The number of unbranched alkanes of at least 4 members (excludes halogenated alkanes) is 28. The van der Waals surface area contributed by atoms with Crippen LogP contribution in [0.1, 0.15) is 226 Å². The van der Waals surface area contributed by atoms with Crippen LogP contribution in [0, 0.1) is 0 Å². The summed E-state index contributed by atoms with van der Waals surface area (Å²) in [4.78, 5) is 13.3. The highest BCUT2D eigenvalue weighted by molar-refractivity contribution is 5.76. The molecule has 0 aromatic carbocycles. The van der Waals surface area contributed by atoms with Crippen molar-refractivity contribution >= 4 is 5.91 Å². The van der Waals surface area contributed by atoms with E-state index in [-0.39, 0.29) is 18.9 Å². The molecule has 3 saturated heterocycles. The predicted octanol–water partition coefficient (Wildman–Crippen LogP) is 6.88. The predicted molar refractivity (Wildman–Crippen MR) is 314 cm³/mol. The second-order valence-electron chi connectivity index (χ2n) is 23.2. The number of carbonyl (C=O) groups is 1. The lowest BCUT2D eigenvalue weighted by molar-refractivity contribution is -0.379. The highest BCUT2D eigenvalue weighted by atomic mass is 16.8. The molecule has 3 aliphatic heterocycles. The number of aliphatic hydroxyl groups is 11. The zero-order chi connectivity index (χ0) is 59.7. The summed E-state index contributed by atoms with van der Waals surface area (Å²) in [5, 5.41) is 120. The smallest absolute Gasteiger partial charge is 0.220 e. The van der Waals surface area contributed by atoms with Crippen molar-refractivity contribution in [2.24, 2.45) is 0 Å². The Hall–Kier alpha value is -1.99. The minimum atomic E-state index is -1.98. The summed E-state index contributed by atoms with van der Waals surface area (Å²) in [6.45, 7) is 1.66. The van der Waals surface area contributed by atoms with Gasteiger partial charge in [-0.05, 0) is 57.8 Å². The van der Waals surface area contributed by atoms with Crippen LogP contribution in [0.2, 0.25) is 0 Å². The summed E-state index contributed by atoms with van der Waals surface area (Å²) in [7, 11) is 0. The molecule has 17 unspecified atom stereocenters. The van der Waals surface area contributed by atoms with Crippen molar-refractivity contribution in [3.8, 4) is 0 Å². The molecule has 0 bridgehead atoms. The molecular formula is C63H115NO18. The largest absolute Gasteiger partial charge is 0.394 e. The van der Waals surface area contributed by atoms with Crippen LogP contribution < -0.4 is 5.32 Å². The van der Waals surface area contributed by atoms with Crippen molar-refractivity contribution < 1.29 is 89.4 Å². The van der Waals surface area contributed by atoms with Gasteiger partial charge in [0.1, 0.15) is 73.2 Å². The molecule has 17 atom stereocenters. The molecule has 19 nitrogen and oxygen atoms in total. The minimum absolute atomic E-state index is 0.237. The number of ether oxygens (including phenoxy) is 6. The third-order valence-electron chi connectivity index (χ3n) is 16.2. The number of hydrogen-bond acceptors (Lipinski definition) is 18. The first kappa shape index (κ1) is 74.3. The fraction of sp³-hybridized carbons (Fsp3) is 0.889. The molecule has 3 rings (SSSR count). The maximum atomic E-state index is 13.3. The van der Waals surface area contributed by atoms with Gasteiger partial charge in [0, 0.05) is 6.42 Å². The van der Waals surface area contributed by atoms with Gasteiger partial charge < -0.3 is 89.9 Å². The Morgan fingerprint density at radius 2 is 0.780 bits per heavy atom. The SMILES string of the molecule is CCCCCC/C=C/CC/C=C/C(O)C(COC1OC(CO)C(OC2OC(CO)C(OC3OC(CO)C(O)C(O)C3O)C(O)C2O)C(O)C1O)NC(=O)CCCCCCCCCCCCCCCCC/C=C\CCCCCCCCCC. The molecule has 0 radical (unpaired) electrons. The number of carbonyl (C=O) groups excluding carboxylic acids is 1. The maximum absolute atomic E-state index is 13.3. The molecule has 480 valence electrons. The van der Waals surface area contributed by atoms with E-state index in [1.807, 2.05) is 6.08 Å². The lowest BCUT2D eigenvalue weighted by Crippen LogP contribution is -2.66. The van der Waals surface area contributed by atoms with Gasteiger partial charge in [-0.1, -0.05) is 198 Å². The third-order valence-corrected chi connectivity index (χ3v) is 16.2. The van der Waals surface area contributed by atoms with E-state index < -0.39 is 124 Å². The van der Waals surface area contributed by atoms with Crippen LogP contribution in [0.4, 0.5) is 0 Å². The van der Waals surface area contributed by atoms with Crippen LogP contribution in [0.5, 0.6) is 0 Å². The van der Waals surface area contributed by atoms with E-state index in [1.54, 1.807) is 6.08 Å². The van der Waals surface area contributed by atoms with E-state index in [1.165, 1.54) is 154 Å². The zero-order valence-corrected chi connectivity index (χ0v) is 50.2. The molecule has 3 aliphatic rings. The first-order valence-electron chi connectivity index (χ1n) is 32.2. The molecule has 0 aliphatic carbocycles. The highest BCUT2D eigenvalue weighted by Crippen LogP contribution is 2.33. The van der Waals surface area contributed by atoms with E-state index in [9.17, 15) is 61.0 Å². The minimum Gasteiger partial charge on any atom is -0.394 e. The van der Waals surface area contributed by atoms with Crippen LogP contribution in [0.3, 0.4) is 0 Å². The van der Waals surface area contributed by atoms with Crippen LogP contribution in [0.15, 0.2) is 36.5 Å². The molecule has 0 aromatic heterocycles. The highest BCUT2D eigenvalue weighted by Gasteiger charge is 2.53. The van der Waals surface area contributed by atoms with Crippen molar-refractivity contribution in [1.82, 2.24) is 5.32 Å². The molecule has 0 aromatic rings. The molecule has 0 saturated carbocycles. The number of hydrogen-bond donors (Lipinski definition) is 12. The average molecular weight is 1170 g/mol. The molecule has 1 amide bonds. The van der Waals surface area contributed by atoms with Gasteiger partial charge in [0.25, 0.3) is 0 Å². The Labute approximate surface area is 491 Å². The number of nitrogens with one attached hydrogen (secondary N) is 1. The maximum Gasteiger partial charge on any atom is 0.220 e. The fourth-order valence-corrected chi connectivity index (χ4v) is 10.8. The van der Waals surface area contributed by atoms with Crippen molar-refractivity contribution in [1.29, 1.82) is 0 Å². The standard InChI is InChI=1S/C63H115NO18/c1-3-5-7-9-11-13-15-16-17-18-19-20-21-22-23-24-25-26-27-28-29-30-31-33-35-37-39-41-51(69)64-46(47(68)40-38-36-34-32-14-12-10-8-6-4-2)45-77-61-57(75)54(72)59(49(43-66)79-61)82-63-58(76)55(73)60(50(44-67)80-63)81-62-56(74)53(71)52(70)48(42-65)78-62/h14,18-19,32,38,40,46-50,52-63,65-68,70-76H,3-13,15-17,20-31,33-37,39,41-45H2,1-2H3,(H,64,69)/b19-18-,32-14+,40-38+. The number of allylic oxidation sites excluding steroid dienone is 5. The summed E-state index contributed by atoms with van der Waals surface area (Å²) in [5.74, 6) is -0.286. The Kier molecular flexibility index (Phi) is 41.8. The van der Waals surface area contributed by atoms with Crippen LogP contribution >= 0.6 is 0 Å². The monoisotopic (exact) mass is 1170 g/mol. The quantitative estimate of drug-likeness (QED) is 0.0218. The van der Waals surface area contributed by atoms with Gasteiger partial charge in [-0.25, -0.2) is 0 Å². The molecule has 12 N–H and O–H groups in total. The number of amides is 1. The van der Waals surface area contributed by atoms with Crippen molar-refractivity contribution in [2.45, 2.75) is 330 Å². The summed E-state index contributed by atoms with van der Waals surface area (Å²) in [6, 6.07) is -0.986. The third kappa shape index (κ3) is 29.1. The second-order valence-corrected chi connectivity index (χ2v) is 23.2. The van der Waals surface area contributed by atoms with Crippen LogP contribution in [-0.4, -0.2) is 193 Å². The van der Waals surface area contributed by atoms with E-state index in [0.29, 0.717) is 12.8 Å². The lowest BCUT2D eigenvalue weighted by Gasteiger charge is -2.48. The Morgan fingerprint density at radius 1 is 0.427 bits per heavy atom. The molecule has 3 heterocycles. The summed E-state index contributed by atoms with van der Waals surface area (Å²) >= 11 is 0. The Bertz CT molecular complexity index is 1640. The zero-order valence-electron chi connectivity index (χ0n) is 50.2. The van der Waals surface area contributed by atoms with Crippen LogP contribution in [0.25, 0.3) is 0 Å². The molecule has 3 fully saturated rings. The van der Waals surface area contributed by atoms with Crippen molar-refractivity contribution in [3.05, 3.63) is 36.5 Å². The van der Waals surface area contributed by atoms with Crippen molar-refractivity contribution in [2.75, 3.05) is 26.4 Å². The van der Waals surface area contributed by atoms with Gasteiger partial charge in [0.05, 0.1) is 38.6 Å². The first-order valence-corrected chi connectivity index (χ1v) is 32.2. The molecule has 0 spiro atoms. The van der Waals surface area contributed by atoms with E-state index in [2.05, 4.69) is 43.5 Å². The Morgan fingerprint density at radius 3 is 1.23 bits per heavy atom. The number of rotatable bonds is 48. The average Bonchev–Trinajstić information content (AvgIpc) is 3.65. The van der Waals surface area contributed by atoms with Gasteiger partial charge >= 0.3 is 0 Å². The molecular weight excluding hydrogens is 1060 g/mol. The van der Waals surface area contributed by atoms with E-state index in [4.69, 9.17) is 28.4 Å². The summed E-state index contributed by atoms with van der Waals surface area (Å²) < 4.78 is 34.2. The summed E-state index contributed by atoms with van der Waals surface area (Å²) in [5.41, 5.74) is 0.